The predicted molar refractivity (Wildman–Crippen MR) is 59.5 cm³/mol. The molecular formula is C12H11FOS. The average Bonchev–Trinajstić information content (AvgIpc) is 2.97. The van der Waals surface area contributed by atoms with E-state index >= 15 is 0 Å². The molecule has 2 aromatic rings. The molecule has 3 rings (SSSR count). The van der Waals surface area contributed by atoms with Crippen molar-refractivity contribution >= 4 is 21.4 Å². The maximum Gasteiger partial charge on any atom is 0.123 e. The van der Waals surface area contributed by atoms with E-state index in [4.69, 9.17) is 0 Å². The van der Waals surface area contributed by atoms with Crippen molar-refractivity contribution in [3.05, 3.63) is 35.0 Å². The van der Waals surface area contributed by atoms with Gasteiger partial charge in [-0.1, -0.05) is 0 Å². The van der Waals surface area contributed by atoms with Gasteiger partial charge in [-0.15, -0.1) is 11.3 Å². The largest absolute Gasteiger partial charge is 0.387 e. The van der Waals surface area contributed by atoms with E-state index in [-0.39, 0.29) is 11.9 Å². The van der Waals surface area contributed by atoms with Crippen LogP contribution in [0, 0.1) is 11.7 Å². The number of thiophene rings is 1. The molecule has 0 saturated heterocycles. The fraction of sp³-hybridized carbons (Fsp3) is 0.333. The number of rotatable bonds is 2. The van der Waals surface area contributed by atoms with Crippen LogP contribution in [0.25, 0.3) is 10.1 Å². The lowest BCUT2D eigenvalue weighted by atomic mass is 10.2. The monoisotopic (exact) mass is 222 g/mol. The Labute approximate surface area is 91.2 Å². The van der Waals surface area contributed by atoms with E-state index in [2.05, 4.69) is 0 Å². The minimum absolute atomic E-state index is 0.215. The standard InChI is InChI=1S/C12H11FOS/c13-9-3-4-10-8(5-9)6-11(15-10)12(14)7-1-2-7/h3-7,12,14H,1-2H2. The molecule has 1 heterocycles. The zero-order valence-electron chi connectivity index (χ0n) is 8.11. The molecule has 1 aliphatic carbocycles. The molecular weight excluding hydrogens is 211 g/mol. The Morgan fingerprint density at radius 2 is 2.13 bits per heavy atom. The van der Waals surface area contributed by atoms with Gasteiger partial charge in [0.2, 0.25) is 0 Å². The molecule has 1 atom stereocenters. The van der Waals surface area contributed by atoms with Gasteiger partial charge >= 0.3 is 0 Å². The van der Waals surface area contributed by atoms with Gasteiger partial charge in [-0.25, -0.2) is 4.39 Å². The van der Waals surface area contributed by atoms with Crippen molar-refractivity contribution in [1.82, 2.24) is 0 Å². The summed E-state index contributed by atoms with van der Waals surface area (Å²) in [5.74, 6) is 0.218. The third kappa shape index (κ3) is 1.66. The minimum Gasteiger partial charge on any atom is -0.387 e. The molecule has 1 unspecified atom stereocenters. The molecule has 0 aliphatic heterocycles. The summed E-state index contributed by atoms with van der Waals surface area (Å²) in [6.07, 6.45) is 1.89. The van der Waals surface area contributed by atoms with Gasteiger partial charge in [0.25, 0.3) is 0 Å². The Morgan fingerprint density at radius 1 is 1.33 bits per heavy atom. The van der Waals surface area contributed by atoms with Crippen molar-refractivity contribution in [3.63, 3.8) is 0 Å². The quantitative estimate of drug-likeness (QED) is 0.824. The summed E-state index contributed by atoms with van der Waals surface area (Å²) in [6, 6.07) is 6.67. The highest BCUT2D eigenvalue weighted by Crippen LogP contribution is 2.44. The van der Waals surface area contributed by atoms with Crippen LogP contribution >= 0.6 is 11.3 Å². The molecule has 1 aromatic carbocycles. The first-order valence-corrected chi connectivity index (χ1v) is 5.93. The van der Waals surface area contributed by atoms with Crippen LogP contribution in [-0.2, 0) is 0 Å². The maximum absolute atomic E-state index is 13.0. The lowest BCUT2D eigenvalue weighted by Crippen LogP contribution is -1.95. The van der Waals surface area contributed by atoms with Crippen LogP contribution in [0.3, 0.4) is 0 Å². The van der Waals surface area contributed by atoms with Gasteiger partial charge < -0.3 is 5.11 Å². The van der Waals surface area contributed by atoms with E-state index in [1.807, 2.05) is 6.07 Å². The van der Waals surface area contributed by atoms with Gasteiger partial charge in [0.1, 0.15) is 5.82 Å². The third-order valence-corrected chi connectivity index (χ3v) is 4.04. The van der Waals surface area contributed by atoms with Crippen LogP contribution in [0.2, 0.25) is 0 Å². The highest BCUT2D eigenvalue weighted by atomic mass is 32.1. The van der Waals surface area contributed by atoms with E-state index in [1.165, 1.54) is 12.1 Å². The molecule has 0 spiro atoms. The number of hydrogen-bond donors (Lipinski definition) is 1. The van der Waals surface area contributed by atoms with Gasteiger partial charge in [-0.2, -0.15) is 0 Å². The fourth-order valence-corrected chi connectivity index (χ4v) is 2.95. The molecule has 0 amide bonds. The summed E-state index contributed by atoms with van der Waals surface area (Å²) in [5, 5.41) is 10.8. The molecule has 0 bridgehead atoms. The zero-order chi connectivity index (χ0) is 10.4. The molecule has 1 N–H and O–H groups in total. The normalized spacial score (nSPS) is 18.3. The first-order valence-electron chi connectivity index (χ1n) is 5.11. The van der Waals surface area contributed by atoms with Crippen molar-refractivity contribution in [2.75, 3.05) is 0 Å². The molecule has 78 valence electrons. The molecule has 1 saturated carbocycles. The van der Waals surface area contributed by atoms with Gasteiger partial charge in [0.15, 0.2) is 0 Å². The molecule has 15 heavy (non-hydrogen) atoms. The van der Waals surface area contributed by atoms with E-state index in [1.54, 1.807) is 17.4 Å². The Balaban J connectivity index is 2.05. The second kappa shape index (κ2) is 3.29. The lowest BCUT2D eigenvalue weighted by Gasteiger charge is -2.03. The Kier molecular flexibility index (Phi) is 2.04. The molecule has 3 heteroatoms. The summed E-state index contributed by atoms with van der Waals surface area (Å²) < 4.78 is 14.0. The average molecular weight is 222 g/mol. The second-order valence-corrected chi connectivity index (χ2v) is 5.23. The van der Waals surface area contributed by atoms with Crippen molar-refractivity contribution < 1.29 is 9.50 Å². The number of fused-ring (bicyclic) bond motifs is 1. The summed E-state index contributed by atoms with van der Waals surface area (Å²) in [5.41, 5.74) is 0. The summed E-state index contributed by atoms with van der Waals surface area (Å²) in [6.45, 7) is 0. The smallest absolute Gasteiger partial charge is 0.123 e. The van der Waals surface area contributed by atoms with Crippen molar-refractivity contribution in [1.29, 1.82) is 0 Å². The van der Waals surface area contributed by atoms with Crippen LogP contribution in [0.4, 0.5) is 4.39 Å². The summed E-state index contributed by atoms with van der Waals surface area (Å²) in [4.78, 5) is 0.970. The van der Waals surface area contributed by atoms with E-state index in [0.717, 1.165) is 27.8 Å². The Bertz CT molecular complexity index is 501. The minimum atomic E-state index is -0.342. The number of aliphatic hydroxyl groups is 1. The number of hydrogen-bond acceptors (Lipinski definition) is 2. The first kappa shape index (κ1) is 9.31. The highest BCUT2D eigenvalue weighted by molar-refractivity contribution is 7.19. The Morgan fingerprint density at radius 3 is 2.87 bits per heavy atom. The van der Waals surface area contributed by atoms with Gasteiger partial charge in [-0.05, 0) is 48.4 Å². The van der Waals surface area contributed by atoms with Gasteiger partial charge in [0.05, 0.1) is 6.10 Å². The third-order valence-electron chi connectivity index (χ3n) is 2.86. The first-order chi connectivity index (χ1) is 7.24. The molecule has 1 fully saturated rings. The fourth-order valence-electron chi connectivity index (χ4n) is 1.82. The van der Waals surface area contributed by atoms with Crippen molar-refractivity contribution in [2.45, 2.75) is 18.9 Å². The predicted octanol–water partition coefficient (Wildman–Crippen LogP) is 3.48. The number of aliphatic hydroxyl groups excluding tert-OH is 1. The van der Waals surface area contributed by atoms with E-state index in [0.29, 0.717) is 5.92 Å². The van der Waals surface area contributed by atoms with Crippen LogP contribution in [0.5, 0.6) is 0 Å². The Hall–Kier alpha value is -0.930. The van der Waals surface area contributed by atoms with Crippen LogP contribution in [0.15, 0.2) is 24.3 Å². The van der Waals surface area contributed by atoms with Crippen LogP contribution in [0.1, 0.15) is 23.8 Å². The van der Waals surface area contributed by atoms with E-state index < -0.39 is 0 Å². The van der Waals surface area contributed by atoms with Crippen molar-refractivity contribution in [3.8, 4) is 0 Å². The van der Waals surface area contributed by atoms with Gasteiger partial charge in [0, 0.05) is 9.58 Å². The van der Waals surface area contributed by atoms with Crippen LogP contribution < -0.4 is 0 Å². The molecule has 1 nitrogen and oxygen atoms in total. The maximum atomic E-state index is 13.0. The van der Waals surface area contributed by atoms with Crippen LogP contribution in [-0.4, -0.2) is 5.11 Å². The van der Waals surface area contributed by atoms with E-state index in [9.17, 15) is 9.50 Å². The number of benzene rings is 1. The summed E-state index contributed by atoms with van der Waals surface area (Å²) in [7, 11) is 0. The highest BCUT2D eigenvalue weighted by Gasteiger charge is 2.31. The molecule has 1 aromatic heterocycles. The molecule has 0 radical (unpaired) electrons. The summed E-state index contributed by atoms with van der Waals surface area (Å²) >= 11 is 1.57. The lowest BCUT2D eigenvalue weighted by molar-refractivity contribution is 0.157. The van der Waals surface area contributed by atoms with Gasteiger partial charge in [-0.3, -0.25) is 0 Å². The number of halogens is 1. The zero-order valence-corrected chi connectivity index (χ0v) is 8.93. The van der Waals surface area contributed by atoms with Crippen molar-refractivity contribution in [2.24, 2.45) is 5.92 Å². The molecule has 1 aliphatic rings. The topological polar surface area (TPSA) is 20.2 Å². The second-order valence-electron chi connectivity index (χ2n) is 4.11. The SMILES string of the molecule is OC(c1cc2cc(F)ccc2s1)C1CC1.